The maximum Gasteiger partial charge on any atom is 0.255 e. The molecule has 3 heterocycles. The Morgan fingerprint density at radius 3 is 2.67 bits per heavy atom. The molecular formula is C24H23N5O. The largest absolute Gasteiger partial charge is 0.345 e. The fourth-order valence-corrected chi connectivity index (χ4v) is 4.47. The van der Waals surface area contributed by atoms with Crippen molar-refractivity contribution in [3.63, 3.8) is 0 Å². The van der Waals surface area contributed by atoms with Crippen LogP contribution in [0.15, 0.2) is 67.3 Å². The van der Waals surface area contributed by atoms with Crippen LogP contribution in [0.2, 0.25) is 0 Å². The molecule has 2 N–H and O–H groups in total. The van der Waals surface area contributed by atoms with Crippen LogP contribution in [0.5, 0.6) is 0 Å². The first kappa shape index (κ1) is 18.4. The topological polar surface area (TPSA) is 73.9 Å². The number of hydrogen-bond acceptors (Lipinski definition) is 4. The number of benzene rings is 2. The molecule has 0 spiro atoms. The van der Waals surface area contributed by atoms with Crippen LogP contribution in [0.3, 0.4) is 0 Å². The first-order valence-corrected chi connectivity index (χ1v) is 10.0. The summed E-state index contributed by atoms with van der Waals surface area (Å²) in [6, 6.07) is 16.4. The standard InChI is InChI=1S/C24H23N5O/c1-15(16-7-5-4-6-8-16)29-21-11-17(9-10-18(21)23(30)28-24(29,2)3)19-13-26-22-20(19)12-25-14-27-22/h4-15H,1-3H3,(H,28,30)(H,25,26,27)/t15-/m1/s1. The van der Waals surface area contributed by atoms with Crippen LogP contribution in [0.25, 0.3) is 22.2 Å². The van der Waals surface area contributed by atoms with Gasteiger partial charge in [-0.25, -0.2) is 9.97 Å². The molecule has 0 unspecified atom stereocenters. The van der Waals surface area contributed by atoms with E-state index in [0.29, 0.717) is 5.56 Å². The molecule has 0 aliphatic carbocycles. The van der Waals surface area contributed by atoms with E-state index in [1.54, 1.807) is 0 Å². The molecular weight excluding hydrogens is 374 g/mol. The number of fused-ring (bicyclic) bond motifs is 2. The van der Waals surface area contributed by atoms with Crippen molar-refractivity contribution in [1.82, 2.24) is 20.3 Å². The smallest absolute Gasteiger partial charge is 0.255 e. The molecule has 1 aliphatic rings. The number of anilines is 1. The van der Waals surface area contributed by atoms with Crippen molar-refractivity contribution in [2.45, 2.75) is 32.5 Å². The number of H-pyrrole nitrogens is 1. The zero-order chi connectivity index (χ0) is 20.9. The molecule has 150 valence electrons. The normalized spacial score (nSPS) is 16.2. The first-order chi connectivity index (χ1) is 14.5. The first-order valence-electron chi connectivity index (χ1n) is 10.0. The third-order valence-electron chi connectivity index (χ3n) is 5.86. The number of carbonyl (C=O) groups excluding carboxylic acids is 1. The van der Waals surface area contributed by atoms with Crippen molar-refractivity contribution < 1.29 is 4.79 Å². The zero-order valence-corrected chi connectivity index (χ0v) is 17.2. The Morgan fingerprint density at radius 1 is 1.07 bits per heavy atom. The predicted octanol–water partition coefficient (Wildman–Crippen LogP) is 4.67. The van der Waals surface area contributed by atoms with Crippen molar-refractivity contribution in [2.24, 2.45) is 0 Å². The van der Waals surface area contributed by atoms with Gasteiger partial charge in [-0.05, 0) is 44.0 Å². The second-order valence-electron chi connectivity index (χ2n) is 8.19. The van der Waals surface area contributed by atoms with Gasteiger partial charge in [-0.1, -0.05) is 36.4 Å². The van der Waals surface area contributed by atoms with Gasteiger partial charge in [-0.3, -0.25) is 4.79 Å². The Labute approximate surface area is 175 Å². The molecule has 4 aromatic rings. The number of aromatic nitrogens is 3. The molecule has 1 atom stereocenters. The van der Waals surface area contributed by atoms with E-state index in [1.165, 1.54) is 11.9 Å². The van der Waals surface area contributed by atoms with Gasteiger partial charge in [0, 0.05) is 23.3 Å². The fraction of sp³-hybridized carbons (Fsp3) is 0.208. The molecule has 30 heavy (non-hydrogen) atoms. The highest BCUT2D eigenvalue weighted by molar-refractivity contribution is 6.04. The van der Waals surface area contributed by atoms with Gasteiger partial charge in [0.05, 0.1) is 17.3 Å². The van der Waals surface area contributed by atoms with Crippen molar-refractivity contribution in [3.05, 3.63) is 78.4 Å². The van der Waals surface area contributed by atoms with E-state index in [9.17, 15) is 4.79 Å². The number of nitrogens with one attached hydrogen (secondary N) is 2. The number of rotatable bonds is 3. The van der Waals surface area contributed by atoms with E-state index >= 15 is 0 Å². The van der Waals surface area contributed by atoms with Crippen LogP contribution < -0.4 is 10.2 Å². The molecule has 0 radical (unpaired) electrons. The van der Waals surface area contributed by atoms with Gasteiger partial charge in [-0.2, -0.15) is 0 Å². The van der Waals surface area contributed by atoms with Gasteiger partial charge < -0.3 is 15.2 Å². The van der Waals surface area contributed by atoms with Crippen molar-refractivity contribution in [1.29, 1.82) is 0 Å². The van der Waals surface area contributed by atoms with Crippen molar-refractivity contribution in [2.75, 3.05) is 4.90 Å². The lowest BCUT2D eigenvalue weighted by atomic mass is 9.94. The predicted molar refractivity (Wildman–Crippen MR) is 118 cm³/mol. The summed E-state index contributed by atoms with van der Waals surface area (Å²) >= 11 is 0. The zero-order valence-electron chi connectivity index (χ0n) is 17.2. The average Bonchev–Trinajstić information content (AvgIpc) is 3.17. The minimum Gasteiger partial charge on any atom is -0.345 e. The van der Waals surface area contributed by atoms with Gasteiger partial charge in [0.15, 0.2) is 0 Å². The average molecular weight is 397 g/mol. The monoisotopic (exact) mass is 397 g/mol. The number of amides is 1. The van der Waals surface area contributed by atoms with E-state index in [1.807, 2.05) is 56.6 Å². The number of nitrogens with zero attached hydrogens (tertiary/aromatic N) is 3. The lowest BCUT2D eigenvalue weighted by Gasteiger charge is -2.48. The van der Waals surface area contributed by atoms with E-state index in [-0.39, 0.29) is 11.9 Å². The van der Waals surface area contributed by atoms with Crippen LogP contribution in [-0.4, -0.2) is 26.5 Å². The van der Waals surface area contributed by atoms with Gasteiger partial charge in [0.2, 0.25) is 0 Å². The molecule has 5 rings (SSSR count). The molecule has 1 aliphatic heterocycles. The molecule has 1 amide bonds. The number of hydrogen-bond donors (Lipinski definition) is 2. The minimum absolute atomic E-state index is 0.0553. The highest BCUT2D eigenvalue weighted by Gasteiger charge is 2.39. The summed E-state index contributed by atoms with van der Waals surface area (Å²) in [6.07, 6.45) is 5.29. The highest BCUT2D eigenvalue weighted by Crippen LogP contribution is 2.41. The molecule has 0 fully saturated rings. The minimum atomic E-state index is -0.540. The molecule has 6 nitrogen and oxygen atoms in total. The molecule has 2 aromatic heterocycles. The van der Waals surface area contributed by atoms with Crippen molar-refractivity contribution in [3.8, 4) is 11.1 Å². The second-order valence-corrected chi connectivity index (χ2v) is 8.19. The SMILES string of the molecule is C[C@H](c1ccccc1)N1c2cc(-c3c[nH]c4ncncc34)ccc2C(=O)NC1(C)C. The Bertz CT molecular complexity index is 1240. The summed E-state index contributed by atoms with van der Waals surface area (Å²) in [6.45, 7) is 6.25. The summed E-state index contributed by atoms with van der Waals surface area (Å²) in [5, 5.41) is 4.12. The van der Waals surface area contributed by atoms with Gasteiger partial charge in [0.1, 0.15) is 17.6 Å². The van der Waals surface area contributed by atoms with Gasteiger partial charge in [-0.15, -0.1) is 0 Å². The molecule has 0 saturated heterocycles. The third kappa shape index (κ3) is 2.84. The van der Waals surface area contributed by atoms with E-state index < -0.39 is 5.66 Å². The maximum absolute atomic E-state index is 12.9. The third-order valence-corrected chi connectivity index (χ3v) is 5.86. The Morgan fingerprint density at radius 2 is 1.87 bits per heavy atom. The molecule has 2 aromatic carbocycles. The summed E-state index contributed by atoms with van der Waals surface area (Å²) in [5.74, 6) is -0.0553. The van der Waals surface area contributed by atoms with Crippen LogP contribution in [0.4, 0.5) is 5.69 Å². The maximum atomic E-state index is 12.9. The summed E-state index contributed by atoms with van der Waals surface area (Å²) in [4.78, 5) is 26.8. The van der Waals surface area contributed by atoms with Gasteiger partial charge >= 0.3 is 0 Å². The number of aromatic amines is 1. The van der Waals surface area contributed by atoms with Crippen molar-refractivity contribution >= 4 is 22.6 Å². The van der Waals surface area contributed by atoms with E-state index in [2.05, 4.69) is 50.3 Å². The molecule has 0 bridgehead atoms. The molecule has 0 saturated carbocycles. The van der Waals surface area contributed by atoms with Crippen LogP contribution in [0, 0.1) is 0 Å². The summed E-state index contributed by atoms with van der Waals surface area (Å²) in [5.41, 5.74) is 5.08. The molecule has 6 heteroatoms. The van der Waals surface area contributed by atoms with E-state index in [4.69, 9.17) is 0 Å². The summed E-state index contributed by atoms with van der Waals surface area (Å²) < 4.78 is 0. The Kier molecular flexibility index (Phi) is 4.10. The van der Waals surface area contributed by atoms with Crippen LogP contribution >= 0.6 is 0 Å². The second kappa shape index (κ2) is 6.69. The lowest BCUT2D eigenvalue weighted by molar-refractivity contribution is 0.0893. The van der Waals surface area contributed by atoms with Crippen LogP contribution in [-0.2, 0) is 0 Å². The summed E-state index contributed by atoms with van der Waals surface area (Å²) in [7, 11) is 0. The fourth-order valence-electron chi connectivity index (χ4n) is 4.47. The quantitative estimate of drug-likeness (QED) is 0.527. The van der Waals surface area contributed by atoms with Crippen LogP contribution in [0.1, 0.15) is 42.7 Å². The van der Waals surface area contributed by atoms with Gasteiger partial charge in [0.25, 0.3) is 5.91 Å². The van der Waals surface area contributed by atoms with E-state index in [0.717, 1.165) is 27.8 Å². The highest BCUT2D eigenvalue weighted by atomic mass is 16.2. The number of carbonyl (C=O) groups is 1. The Hall–Kier alpha value is -3.67. The lowest BCUT2D eigenvalue weighted by Crippen LogP contribution is -2.61. The Balaban J connectivity index is 1.68.